The smallest absolute Gasteiger partial charge is 0.123 e. The Balaban J connectivity index is 1.66. The van der Waals surface area contributed by atoms with E-state index in [0.29, 0.717) is 6.54 Å². The van der Waals surface area contributed by atoms with Gasteiger partial charge in [-0.05, 0) is 67.7 Å². The predicted octanol–water partition coefficient (Wildman–Crippen LogP) is 3.27. The molecule has 140 valence electrons. The van der Waals surface area contributed by atoms with Gasteiger partial charge in [-0.25, -0.2) is 8.78 Å². The van der Waals surface area contributed by atoms with E-state index < -0.39 is 6.10 Å². The highest BCUT2D eigenvalue weighted by Gasteiger charge is 2.24. The van der Waals surface area contributed by atoms with Gasteiger partial charge in [0.05, 0.1) is 6.10 Å². The van der Waals surface area contributed by atoms with Crippen LogP contribution in [-0.2, 0) is 0 Å². The molecule has 0 saturated carbocycles. The molecule has 0 unspecified atom stereocenters. The number of nitrogens with zero attached hydrogens (tertiary/aromatic N) is 1. The lowest BCUT2D eigenvalue weighted by Crippen LogP contribution is -2.50. The second kappa shape index (κ2) is 8.71. The van der Waals surface area contributed by atoms with Gasteiger partial charge in [0.25, 0.3) is 0 Å². The number of piperidine rings is 1. The minimum Gasteiger partial charge on any atom is -0.390 e. The number of benzene rings is 2. The third-order valence-corrected chi connectivity index (χ3v) is 5.23. The standard InChI is InChI=1S/C21H26F2N2O/c22-17-7-3-15(4-8-17)19(16-5-9-18(23)10-6-16)2-1-12-25-13-11-20(24)21(26)14-25/h3-10,19-21,26H,1-2,11-14,24H2/t20-,21-/m1/s1. The minimum absolute atomic E-state index is 0.0909. The summed E-state index contributed by atoms with van der Waals surface area (Å²) < 4.78 is 26.6. The fraction of sp³-hybridized carbons (Fsp3) is 0.429. The zero-order valence-electron chi connectivity index (χ0n) is 14.8. The van der Waals surface area contributed by atoms with Gasteiger partial charge in [-0.2, -0.15) is 0 Å². The van der Waals surface area contributed by atoms with E-state index in [1.165, 1.54) is 24.3 Å². The van der Waals surface area contributed by atoms with Gasteiger partial charge in [0.15, 0.2) is 0 Å². The van der Waals surface area contributed by atoms with E-state index in [0.717, 1.165) is 43.5 Å². The summed E-state index contributed by atoms with van der Waals surface area (Å²) in [5.74, 6) is -0.427. The summed E-state index contributed by atoms with van der Waals surface area (Å²) in [6.45, 7) is 2.39. The highest BCUT2D eigenvalue weighted by atomic mass is 19.1. The maximum Gasteiger partial charge on any atom is 0.123 e. The van der Waals surface area contributed by atoms with Crippen molar-refractivity contribution < 1.29 is 13.9 Å². The molecule has 0 aromatic heterocycles. The van der Waals surface area contributed by atoms with Gasteiger partial charge in [0, 0.05) is 18.5 Å². The average molecular weight is 360 g/mol. The molecule has 2 aromatic carbocycles. The monoisotopic (exact) mass is 360 g/mol. The molecule has 0 aliphatic carbocycles. The number of β-amino-alcohol motifs (C(OH)–C–C–N with tert-alkyl or cyclic N) is 1. The number of hydrogen-bond donors (Lipinski definition) is 2. The first-order valence-corrected chi connectivity index (χ1v) is 9.20. The number of aliphatic hydroxyl groups is 1. The maximum absolute atomic E-state index is 13.3. The van der Waals surface area contributed by atoms with Crippen LogP contribution in [0.4, 0.5) is 8.78 Å². The van der Waals surface area contributed by atoms with Gasteiger partial charge < -0.3 is 15.7 Å². The van der Waals surface area contributed by atoms with Crippen molar-refractivity contribution in [1.29, 1.82) is 0 Å². The Labute approximate surface area is 153 Å². The molecule has 1 aliphatic heterocycles. The van der Waals surface area contributed by atoms with E-state index in [2.05, 4.69) is 4.90 Å². The van der Waals surface area contributed by atoms with Gasteiger partial charge in [-0.1, -0.05) is 24.3 Å². The molecule has 5 heteroatoms. The lowest BCUT2D eigenvalue weighted by atomic mass is 9.87. The van der Waals surface area contributed by atoms with E-state index in [-0.39, 0.29) is 23.6 Å². The summed E-state index contributed by atoms with van der Waals surface area (Å²) in [5.41, 5.74) is 7.91. The molecule has 1 fully saturated rings. The van der Waals surface area contributed by atoms with Crippen molar-refractivity contribution in [1.82, 2.24) is 4.90 Å². The molecule has 3 nitrogen and oxygen atoms in total. The van der Waals surface area contributed by atoms with E-state index in [1.807, 2.05) is 0 Å². The predicted molar refractivity (Wildman–Crippen MR) is 98.9 cm³/mol. The number of likely N-dealkylation sites (tertiary alicyclic amines) is 1. The van der Waals surface area contributed by atoms with Crippen LogP contribution in [-0.4, -0.2) is 41.8 Å². The van der Waals surface area contributed by atoms with Crippen LogP contribution in [0.3, 0.4) is 0 Å². The molecule has 0 spiro atoms. The topological polar surface area (TPSA) is 49.5 Å². The van der Waals surface area contributed by atoms with E-state index >= 15 is 0 Å². The molecular formula is C21H26F2N2O. The minimum atomic E-state index is -0.464. The third-order valence-electron chi connectivity index (χ3n) is 5.23. The van der Waals surface area contributed by atoms with E-state index in [9.17, 15) is 13.9 Å². The fourth-order valence-corrected chi connectivity index (χ4v) is 3.65. The molecule has 3 rings (SSSR count). The molecule has 1 heterocycles. The van der Waals surface area contributed by atoms with Crippen molar-refractivity contribution >= 4 is 0 Å². The Morgan fingerprint density at radius 2 is 1.54 bits per heavy atom. The van der Waals surface area contributed by atoms with Crippen molar-refractivity contribution in [3.63, 3.8) is 0 Å². The quantitative estimate of drug-likeness (QED) is 0.831. The van der Waals surface area contributed by atoms with Crippen LogP contribution in [0.25, 0.3) is 0 Å². The second-order valence-electron chi connectivity index (χ2n) is 7.12. The SMILES string of the molecule is N[C@@H]1CCN(CCCC(c2ccc(F)cc2)c2ccc(F)cc2)C[C@H]1O. The summed E-state index contributed by atoms with van der Waals surface area (Å²) in [6.07, 6.45) is 2.14. The first-order chi connectivity index (χ1) is 12.5. The fourth-order valence-electron chi connectivity index (χ4n) is 3.65. The van der Waals surface area contributed by atoms with Gasteiger partial charge in [0.1, 0.15) is 11.6 Å². The van der Waals surface area contributed by atoms with E-state index in [4.69, 9.17) is 5.73 Å². The van der Waals surface area contributed by atoms with Crippen LogP contribution in [0.2, 0.25) is 0 Å². The molecule has 2 aromatic rings. The first-order valence-electron chi connectivity index (χ1n) is 9.20. The summed E-state index contributed by atoms with van der Waals surface area (Å²) in [7, 11) is 0. The number of rotatable bonds is 6. The zero-order valence-corrected chi connectivity index (χ0v) is 14.8. The molecule has 3 N–H and O–H groups in total. The number of hydrogen-bond acceptors (Lipinski definition) is 3. The van der Waals surface area contributed by atoms with E-state index in [1.54, 1.807) is 24.3 Å². The van der Waals surface area contributed by atoms with Crippen molar-refractivity contribution in [3.8, 4) is 0 Å². The third kappa shape index (κ3) is 4.87. The van der Waals surface area contributed by atoms with Crippen molar-refractivity contribution in [3.05, 3.63) is 71.3 Å². The van der Waals surface area contributed by atoms with Crippen LogP contribution in [0.5, 0.6) is 0 Å². The molecule has 0 radical (unpaired) electrons. The molecule has 0 amide bonds. The number of nitrogens with two attached hydrogens (primary N) is 1. The van der Waals surface area contributed by atoms with Gasteiger partial charge in [0.2, 0.25) is 0 Å². The Morgan fingerprint density at radius 1 is 1.00 bits per heavy atom. The zero-order chi connectivity index (χ0) is 18.5. The summed E-state index contributed by atoms with van der Waals surface area (Å²) >= 11 is 0. The van der Waals surface area contributed by atoms with Crippen molar-refractivity contribution in [2.24, 2.45) is 5.73 Å². The Morgan fingerprint density at radius 3 is 2.04 bits per heavy atom. The molecule has 2 atom stereocenters. The molecule has 1 saturated heterocycles. The summed E-state index contributed by atoms with van der Waals surface area (Å²) in [4.78, 5) is 2.24. The van der Waals surface area contributed by atoms with Crippen molar-refractivity contribution in [2.45, 2.75) is 37.3 Å². The van der Waals surface area contributed by atoms with Gasteiger partial charge in [-0.15, -0.1) is 0 Å². The molecule has 0 bridgehead atoms. The molecule has 26 heavy (non-hydrogen) atoms. The highest BCUT2D eigenvalue weighted by molar-refractivity contribution is 5.32. The normalized spacial score (nSPS) is 21.3. The summed E-state index contributed by atoms with van der Waals surface area (Å²) in [5, 5.41) is 9.93. The van der Waals surface area contributed by atoms with Gasteiger partial charge in [-0.3, -0.25) is 0 Å². The van der Waals surface area contributed by atoms with Crippen LogP contribution in [0.1, 0.15) is 36.3 Å². The Kier molecular flexibility index (Phi) is 6.35. The molecule has 1 aliphatic rings. The van der Waals surface area contributed by atoms with Crippen LogP contribution >= 0.6 is 0 Å². The summed E-state index contributed by atoms with van der Waals surface area (Å²) in [6, 6.07) is 12.9. The Bertz CT molecular complexity index is 645. The number of halogens is 2. The number of aliphatic hydroxyl groups excluding tert-OH is 1. The van der Waals surface area contributed by atoms with Crippen LogP contribution in [0, 0.1) is 11.6 Å². The Hall–Kier alpha value is -1.82. The van der Waals surface area contributed by atoms with Crippen molar-refractivity contribution in [2.75, 3.05) is 19.6 Å². The molecular weight excluding hydrogens is 334 g/mol. The van der Waals surface area contributed by atoms with Crippen LogP contribution < -0.4 is 5.73 Å². The highest BCUT2D eigenvalue weighted by Crippen LogP contribution is 2.30. The first kappa shape index (κ1) is 19.0. The lowest BCUT2D eigenvalue weighted by molar-refractivity contribution is 0.0527. The average Bonchev–Trinajstić information content (AvgIpc) is 2.64. The maximum atomic E-state index is 13.3. The van der Waals surface area contributed by atoms with Gasteiger partial charge >= 0.3 is 0 Å². The largest absolute Gasteiger partial charge is 0.390 e. The second-order valence-corrected chi connectivity index (χ2v) is 7.12. The lowest BCUT2D eigenvalue weighted by Gasteiger charge is -2.34. The van der Waals surface area contributed by atoms with Crippen LogP contribution in [0.15, 0.2) is 48.5 Å².